The van der Waals surface area contributed by atoms with E-state index in [4.69, 9.17) is 136 Å². The lowest BCUT2D eigenvalue weighted by Gasteiger charge is -2.28. The monoisotopic (exact) mass is 1640 g/mol. The van der Waals surface area contributed by atoms with E-state index in [1.165, 1.54) is 24.3 Å². The Bertz CT molecular complexity index is 2640. The fourth-order valence-electron chi connectivity index (χ4n) is 8.48. The molecule has 36 nitrogen and oxygen atoms in total. The van der Waals surface area contributed by atoms with Gasteiger partial charge in [0.15, 0.2) is 34.5 Å². The Morgan fingerprint density at radius 2 is 0.630 bits per heavy atom. The topological polar surface area (TPSA) is 436 Å². The molecule has 0 bridgehead atoms. The van der Waals surface area contributed by atoms with Crippen molar-refractivity contribution in [3.63, 3.8) is 0 Å². The molecule has 0 aromatic heterocycles. The van der Waals surface area contributed by atoms with Crippen LogP contribution < -0.4 is 47.9 Å². The van der Waals surface area contributed by atoms with Crippen molar-refractivity contribution >= 4 is 55.1 Å². The summed E-state index contributed by atoms with van der Waals surface area (Å²) in [5, 5.41) is 51.2. The molecule has 624 valence electrons. The second-order valence-electron chi connectivity index (χ2n) is 20.8. The molecule has 0 saturated heterocycles. The van der Waals surface area contributed by atoms with Crippen molar-refractivity contribution in [1.82, 2.24) is 5.32 Å². The Hall–Kier alpha value is -5.06. The molecule has 0 radical (unpaired) electrons. The van der Waals surface area contributed by atoms with E-state index < -0.39 is 20.7 Å². The summed E-state index contributed by atoms with van der Waals surface area (Å²) in [6.07, 6.45) is 0.613. The van der Waals surface area contributed by atoms with Crippen molar-refractivity contribution in [3.05, 3.63) is 53.1 Å². The number of aliphatic hydroxyl groups is 6. The molecular formula is C68H118NO35P3Si. The quantitative estimate of drug-likeness (QED) is 0.0174. The summed E-state index contributed by atoms with van der Waals surface area (Å²) >= 11 is 0. The summed E-state index contributed by atoms with van der Waals surface area (Å²) in [6, 6.07) is 9.43. The Balaban J connectivity index is 0.000000854. The van der Waals surface area contributed by atoms with Gasteiger partial charge in [0.25, 0.3) is 5.91 Å². The number of ether oxygens (including phenoxy) is 19. The summed E-state index contributed by atoms with van der Waals surface area (Å²) in [7, 11) is 3.73. The predicted octanol–water partition coefficient (Wildman–Crippen LogP) is 3.04. The first-order valence-electron chi connectivity index (χ1n) is 36.6. The lowest BCUT2D eigenvalue weighted by atomic mass is 10.1. The average Bonchev–Trinajstić information content (AvgIpc) is 0.830. The van der Waals surface area contributed by atoms with Gasteiger partial charge in [-0.1, -0.05) is 0 Å². The number of aliphatic hydroxyl groups excluding tert-OH is 6. The largest absolute Gasteiger partial charge is 0.500 e. The third kappa shape index (κ3) is 48.7. The van der Waals surface area contributed by atoms with Gasteiger partial charge in [-0.25, -0.2) is 9.59 Å². The van der Waals surface area contributed by atoms with Crippen molar-refractivity contribution in [2.45, 2.75) is 40.2 Å². The number of esters is 1. The van der Waals surface area contributed by atoms with E-state index in [1.807, 2.05) is 20.8 Å². The standard InChI is InChI=1S/C28H54NO13P3Si.C21H34O11.C19H30O11/c1-4-40-46(41-5-2,42-6-3)21-7-8-29-28(30)24-22-25(34-15-9-31-12-18-37-43)27(36-17-11-33-14-20-39-45)26(23-24)35-16-10-32-13-19-38-44;1-2-29-21(25)17-15-18(30-12-9-26-6-3-22)20(32-14-11-28-8-5-24)19(16-17)31-13-10-27-7-4-23;20-1-4-25-7-10-28-16-13-15(19(23)24)14-17(29-11-8-26-5-2-21)18(16)30-12-9-27-6-3-22/h22-23H,4-21,43-45H2,1-3H3,(H,29,30);15-16,22-24H,2-14H2,1H3;13-14,20-22H,1-12H2,(H,23,24)/i;22T,23T,24T;. The summed E-state index contributed by atoms with van der Waals surface area (Å²) < 4.78 is 158. The van der Waals surface area contributed by atoms with Crippen molar-refractivity contribution in [3.8, 4) is 51.7 Å². The fourth-order valence-corrected chi connectivity index (χ4v) is 11.4. The van der Waals surface area contributed by atoms with Crippen LogP contribution in [0.3, 0.4) is 0 Å². The highest BCUT2D eigenvalue weighted by atomic mass is 31.0. The zero-order valence-corrected chi connectivity index (χ0v) is 67.0. The van der Waals surface area contributed by atoms with Crippen LogP contribution in [0.15, 0.2) is 36.4 Å². The third-order valence-corrected chi connectivity index (χ3v) is 16.7. The van der Waals surface area contributed by atoms with Gasteiger partial charge in [0.2, 0.25) is 21.5 Å². The van der Waals surface area contributed by atoms with Crippen LogP contribution in [0, 0.1) is 0 Å². The SMILES string of the molecule is CCO[Si](CCCNC(=O)c1cc(OCCOCCOP)c(OCCOCCOP)c(OCCOCCOP)c1)(OCC)OCC.O=C(O)c1cc(OCCOCCO)c(OCCOCCO)c(OCCOCCO)c1.[3H]OCCOCCOc1cc(C(=O)OCC)cc(OCCOCCO[3H])c1OCCOCCO[3H]. The van der Waals surface area contributed by atoms with Gasteiger partial charge in [-0.2, -0.15) is 0 Å². The predicted molar refractivity (Wildman–Crippen MR) is 401 cm³/mol. The number of rotatable bonds is 74. The van der Waals surface area contributed by atoms with Gasteiger partial charge in [0.05, 0.1) is 196 Å². The number of amides is 1. The molecule has 8 N–H and O–H groups in total. The number of hydrogen-bond acceptors (Lipinski definition) is 34. The molecule has 3 unspecified atom stereocenters. The van der Waals surface area contributed by atoms with Gasteiger partial charge in [-0.05, 0) is 70.5 Å². The molecule has 40 heteroatoms. The van der Waals surface area contributed by atoms with Crippen molar-refractivity contribution in [2.75, 3.05) is 271 Å². The van der Waals surface area contributed by atoms with Crippen LogP contribution in [-0.4, -0.2) is 338 Å². The van der Waals surface area contributed by atoms with E-state index in [0.29, 0.717) is 121 Å². The van der Waals surface area contributed by atoms with E-state index in [1.54, 1.807) is 19.1 Å². The molecular weight excluding hydrogens is 1510 g/mol. The maximum atomic E-state index is 13.4. The van der Waals surface area contributed by atoms with Crippen molar-refractivity contribution in [2.24, 2.45) is 0 Å². The first-order valence-corrected chi connectivity index (χ1v) is 38.7. The second-order valence-corrected chi connectivity index (χ2v) is 24.5. The minimum Gasteiger partial charge on any atom is -0.487 e. The number of carbonyl (C=O) groups excluding carboxylic acids is 2. The molecule has 0 aliphatic heterocycles. The van der Waals surface area contributed by atoms with Gasteiger partial charge >= 0.3 is 20.7 Å². The third-order valence-electron chi connectivity index (χ3n) is 12.9. The highest BCUT2D eigenvalue weighted by Crippen LogP contribution is 2.42. The van der Waals surface area contributed by atoms with Crippen LogP contribution >= 0.6 is 28.4 Å². The van der Waals surface area contributed by atoms with E-state index in [0.717, 1.165) is 0 Å². The fraction of sp³-hybridized carbons (Fsp3) is 0.691. The van der Waals surface area contributed by atoms with Gasteiger partial charge < -0.3 is 158 Å². The molecule has 108 heavy (non-hydrogen) atoms. The van der Waals surface area contributed by atoms with Crippen LogP contribution in [0.4, 0.5) is 0 Å². The molecule has 0 aliphatic carbocycles. The first-order chi connectivity index (χ1) is 54.3. The molecule has 0 heterocycles. The number of benzene rings is 3. The molecule has 3 atom stereocenters. The number of carbonyl (C=O) groups is 3. The van der Waals surface area contributed by atoms with E-state index >= 15 is 0 Å². The van der Waals surface area contributed by atoms with Gasteiger partial charge in [-0.3, -0.25) is 4.79 Å². The Kier molecular flexibility index (Phi) is 62.7. The lowest BCUT2D eigenvalue weighted by Crippen LogP contribution is -2.46. The normalized spacial score (nSPS) is 11.4. The molecule has 3 aromatic carbocycles. The lowest BCUT2D eigenvalue weighted by molar-refractivity contribution is 0.0519. The second kappa shape index (κ2) is 71.0. The van der Waals surface area contributed by atoms with Crippen molar-refractivity contribution in [1.29, 1.82) is 4.29 Å². The summed E-state index contributed by atoms with van der Waals surface area (Å²) in [6.45, 7) is 16.7. The Labute approximate surface area is 645 Å². The maximum Gasteiger partial charge on any atom is 0.500 e. The zero-order valence-electron chi connectivity index (χ0n) is 65.5. The van der Waals surface area contributed by atoms with Crippen LogP contribution in [0.5, 0.6) is 51.7 Å². The maximum absolute atomic E-state index is 13.4. The zero-order chi connectivity index (χ0) is 81.3. The number of hydrogen-bond donors (Lipinski definition) is 8. The molecule has 3 aromatic rings. The van der Waals surface area contributed by atoms with Crippen molar-refractivity contribution < 1.29 is 167 Å². The van der Waals surface area contributed by atoms with E-state index in [-0.39, 0.29) is 237 Å². The number of carboxylic acid groups (broad SMARTS) is 1. The molecule has 0 aliphatic rings. The highest BCUT2D eigenvalue weighted by molar-refractivity contribution is 7.10. The minimum atomic E-state index is -2.82. The average molecular weight is 1640 g/mol. The van der Waals surface area contributed by atoms with Crippen LogP contribution in [-0.2, 0) is 74.2 Å². The highest BCUT2D eigenvalue weighted by Gasteiger charge is 2.39. The van der Waals surface area contributed by atoms with E-state index in [9.17, 15) is 19.5 Å². The smallest absolute Gasteiger partial charge is 0.487 e. The number of aromatic carboxylic acids is 1. The summed E-state index contributed by atoms with van der Waals surface area (Å²) in [5.41, 5.74) is 0.486. The van der Waals surface area contributed by atoms with Crippen LogP contribution in [0.25, 0.3) is 0 Å². The number of carboxylic acids is 1. The van der Waals surface area contributed by atoms with Crippen LogP contribution in [0.1, 0.15) is 65.2 Å². The van der Waals surface area contributed by atoms with Gasteiger partial charge in [0, 0.05) is 66.4 Å². The summed E-state index contributed by atoms with van der Waals surface area (Å²) in [5.74, 6) is 0.185. The van der Waals surface area contributed by atoms with Gasteiger partial charge in [0.1, 0.15) is 59.5 Å². The van der Waals surface area contributed by atoms with Gasteiger partial charge in [-0.15, -0.1) is 0 Å². The molecule has 1 amide bonds. The first kappa shape index (κ1) is 95.3. The van der Waals surface area contributed by atoms with E-state index in [2.05, 4.69) is 49.0 Å². The number of nitrogens with one attached hydrogen (secondary N) is 1. The molecule has 0 spiro atoms. The molecule has 0 fully saturated rings. The summed E-state index contributed by atoms with van der Waals surface area (Å²) in [4.78, 5) is 37.2. The Morgan fingerprint density at radius 1 is 0.361 bits per heavy atom. The minimum absolute atomic E-state index is 0.0589. The Morgan fingerprint density at radius 3 is 0.898 bits per heavy atom. The van der Waals surface area contributed by atoms with Crippen LogP contribution in [0.2, 0.25) is 6.04 Å². The molecule has 0 saturated carbocycles. The molecule has 3 rings (SSSR count).